The van der Waals surface area contributed by atoms with Gasteiger partial charge in [0.15, 0.2) is 0 Å². The van der Waals surface area contributed by atoms with Crippen molar-refractivity contribution in [1.82, 2.24) is 0 Å². The second-order valence-corrected chi connectivity index (χ2v) is 11.2. The van der Waals surface area contributed by atoms with E-state index < -0.39 is 21.7 Å². The molecule has 0 aromatic heterocycles. The van der Waals surface area contributed by atoms with Gasteiger partial charge in [0.1, 0.15) is 18.1 Å². The monoisotopic (exact) mass is 737 g/mol. The van der Waals surface area contributed by atoms with Crippen molar-refractivity contribution >= 4 is 81.0 Å². The lowest BCUT2D eigenvalue weighted by atomic mass is 10.1. The Morgan fingerprint density at radius 3 is 1.46 bits per heavy atom. The van der Waals surface area contributed by atoms with E-state index >= 15 is 0 Å². The molecule has 4 aromatic rings. The highest BCUT2D eigenvalue weighted by Crippen LogP contribution is 2.31. The molecule has 0 unspecified atom stereocenters. The summed E-state index contributed by atoms with van der Waals surface area (Å²) in [7, 11) is 0. The molecule has 0 radical (unpaired) electrons. The fourth-order valence-electron chi connectivity index (χ4n) is 3.81. The van der Waals surface area contributed by atoms with E-state index in [1.54, 1.807) is 24.3 Å². The van der Waals surface area contributed by atoms with Crippen molar-refractivity contribution in [3.63, 3.8) is 0 Å². The van der Waals surface area contributed by atoms with Gasteiger partial charge in [-0.1, -0.05) is 53.3 Å². The lowest BCUT2D eigenvalue weighted by Crippen LogP contribution is -2.16. The van der Waals surface area contributed by atoms with Gasteiger partial charge >= 0.3 is 0 Å². The van der Waals surface area contributed by atoms with Crippen molar-refractivity contribution in [1.29, 1.82) is 0 Å². The fraction of sp³-hybridized carbons (Fsp3) is 0.161. The minimum Gasteiger partial charge on any atom is -0.493 e. The number of hydrogen-bond acceptors (Lipinski definition) is 9. The minimum atomic E-state index is -0.576. The number of nitrogens with zero attached hydrogens (tertiary/aromatic N) is 2. The van der Waals surface area contributed by atoms with E-state index in [0.717, 1.165) is 12.5 Å². The predicted molar refractivity (Wildman–Crippen MR) is 185 cm³/mol. The molecule has 2 amide bonds. The van der Waals surface area contributed by atoms with Crippen molar-refractivity contribution in [3.8, 4) is 11.5 Å². The summed E-state index contributed by atoms with van der Waals surface area (Å²) in [6.07, 6.45) is 0.790. The summed E-state index contributed by atoms with van der Waals surface area (Å²) >= 11 is 23.8. The molecule has 0 aliphatic heterocycles. The number of nitro groups is 2. The summed E-state index contributed by atoms with van der Waals surface area (Å²) in [5.74, 6) is -0.267. The third kappa shape index (κ3) is 10.7. The summed E-state index contributed by atoms with van der Waals surface area (Å²) in [6.45, 7) is 2.94. The van der Waals surface area contributed by atoms with Crippen molar-refractivity contribution in [2.24, 2.45) is 5.73 Å². The number of carbonyl (C=O) groups excluding carboxylic acids is 2. The number of nitrogens with one attached hydrogen (secondary N) is 2. The van der Waals surface area contributed by atoms with E-state index in [1.807, 2.05) is 6.92 Å². The van der Waals surface area contributed by atoms with Crippen molar-refractivity contribution < 1.29 is 28.9 Å². The Kier molecular flexibility index (Phi) is 14.2. The van der Waals surface area contributed by atoms with Gasteiger partial charge in [0.05, 0.1) is 49.0 Å². The van der Waals surface area contributed by atoms with Crippen LogP contribution in [0, 0.1) is 20.2 Å². The Morgan fingerprint density at radius 2 is 1.10 bits per heavy atom. The first-order chi connectivity index (χ1) is 22.8. The van der Waals surface area contributed by atoms with Crippen LogP contribution in [0.1, 0.15) is 34.1 Å². The summed E-state index contributed by atoms with van der Waals surface area (Å²) in [6, 6.07) is 16.9. The van der Waals surface area contributed by atoms with Gasteiger partial charge in [0.2, 0.25) is 0 Å². The topological polar surface area (TPSA) is 189 Å². The van der Waals surface area contributed by atoms with Gasteiger partial charge in [0.25, 0.3) is 23.2 Å². The first-order valence-electron chi connectivity index (χ1n) is 13.9. The van der Waals surface area contributed by atoms with Crippen molar-refractivity contribution in [3.05, 3.63) is 124 Å². The maximum Gasteiger partial charge on any atom is 0.271 e. The number of rotatable bonds is 12. The highest BCUT2D eigenvalue weighted by Gasteiger charge is 2.18. The number of anilines is 2. The standard InChI is InChI=1S/C16H14Cl2N2O4.C15H13Cl2N3O4/c1-2-7-24-15-6-3-10(17)8-12(15)16(21)19-14-5-4-11(20(22)23)9-13(14)18;16-9-1-4-14(24-6-5-18)11(7-9)15(21)19-13-3-2-10(20(22)23)8-12(13)17/h3-6,8-9H,2,7H2,1H3,(H,19,21);1-4,7-8H,5-6,18H2,(H,19,21). The van der Waals surface area contributed by atoms with Crippen molar-refractivity contribution in [2.45, 2.75) is 13.3 Å². The van der Waals surface area contributed by atoms with Crippen LogP contribution in [-0.2, 0) is 0 Å². The second-order valence-electron chi connectivity index (χ2n) is 9.52. The molecule has 252 valence electrons. The zero-order valence-corrected chi connectivity index (χ0v) is 28.0. The molecule has 0 heterocycles. The molecule has 0 atom stereocenters. The number of amides is 2. The average Bonchev–Trinajstić information content (AvgIpc) is 3.05. The van der Waals surface area contributed by atoms with Crippen LogP contribution in [-0.4, -0.2) is 41.4 Å². The van der Waals surface area contributed by atoms with E-state index in [9.17, 15) is 29.8 Å². The van der Waals surface area contributed by atoms with Crippen LogP contribution in [0.25, 0.3) is 0 Å². The summed E-state index contributed by atoms with van der Waals surface area (Å²) in [4.78, 5) is 45.2. The van der Waals surface area contributed by atoms with Gasteiger partial charge in [-0.15, -0.1) is 0 Å². The Hall–Kier alpha value is -4.66. The lowest BCUT2D eigenvalue weighted by molar-refractivity contribution is -0.385. The average molecular weight is 739 g/mol. The van der Waals surface area contributed by atoms with E-state index in [0.29, 0.717) is 28.2 Å². The Labute approximate surface area is 294 Å². The zero-order chi connectivity index (χ0) is 35.4. The summed E-state index contributed by atoms with van der Waals surface area (Å²) < 4.78 is 11.0. The van der Waals surface area contributed by atoms with E-state index in [-0.39, 0.29) is 57.1 Å². The Bertz CT molecular complexity index is 1700. The van der Waals surface area contributed by atoms with Gasteiger partial charge in [-0.05, 0) is 55.0 Å². The molecule has 0 aliphatic rings. The van der Waals surface area contributed by atoms with Gasteiger partial charge in [-0.25, -0.2) is 0 Å². The van der Waals surface area contributed by atoms with Gasteiger partial charge in [-0.3, -0.25) is 29.8 Å². The zero-order valence-electron chi connectivity index (χ0n) is 25.0. The van der Waals surface area contributed by atoms with E-state index in [1.165, 1.54) is 42.5 Å². The molecule has 4 aromatic carbocycles. The van der Waals surface area contributed by atoms with Crippen LogP contribution >= 0.6 is 46.4 Å². The molecular weight excluding hydrogens is 712 g/mol. The van der Waals surface area contributed by atoms with Crippen LogP contribution in [0.4, 0.5) is 22.7 Å². The number of hydrogen-bond donors (Lipinski definition) is 3. The molecule has 4 N–H and O–H groups in total. The maximum absolute atomic E-state index is 12.5. The molecule has 17 heteroatoms. The molecule has 48 heavy (non-hydrogen) atoms. The van der Waals surface area contributed by atoms with E-state index in [2.05, 4.69) is 10.6 Å². The molecule has 4 rings (SSSR count). The molecular formula is C31H27Cl4N5O8. The van der Waals surface area contributed by atoms with Gasteiger partial charge in [-0.2, -0.15) is 0 Å². The number of halogens is 4. The second kappa shape index (κ2) is 18.0. The minimum absolute atomic E-state index is 0.0454. The normalized spacial score (nSPS) is 10.3. The quantitative estimate of drug-likeness (QED) is 0.0946. The molecule has 0 bridgehead atoms. The third-order valence-electron chi connectivity index (χ3n) is 6.03. The van der Waals surface area contributed by atoms with E-state index in [4.69, 9.17) is 61.6 Å². The Morgan fingerprint density at radius 1 is 0.688 bits per heavy atom. The molecule has 13 nitrogen and oxygen atoms in total. The SMILES string of the molecule is CCCOc1ccc(Cl)cc1C(=O)Nc1ccc([N+](=O)[O-])cc1Cl.NCCOc1ccc(Cl)cc1C(=O)Nc1ccc([N+](=O)[O-])cc1Cl. The number of nitro benzene ring substituents is 2. The first kappa shape index (κ1) is 37.8. The number of carbonyl (C=O) groups is 2. The molecule has 0 fully saturated rings. The van der Waals surface area contributed by atoms with Crippen LogP contribution in [0.15, 0.2) is 72.8 Å². The first-order valence-corrected chi connectivity index (χ1v) is 15.4. The summed E-state index contributed by atoms with van der Waals surface area (Å²) in [5, 5.41) is 27.5. The van der Waals surface area contributed by atoms with Crippen LogP contribution < -0.4 is 25.8 Å². The van der Waals surface area contributed by atoms with Crippen LogP contribution in [0.5, 0.6) is 11.5 Å². The van der Waals surface area contributed by atoms with Crippen LogP contribution in [0.3, 0.4) is 0 Å². The fourth-order valence-corrected chi connectivity index (χ4v) is 4.60. The Balaban J connectivity index is 0.000000260. The third-order valence-corrected chi connectivity index (χ3v) is 7.13. The maximum atomic E-state index is 12.5. The van der Waals surface area contributed by atoms with Gasteiger partial charge in [0, 0.05) is 40.9 Å². The van der Waals surface area contributed by atoms with Crippen molar-refractivity contribution in [2.75, 3.05) is 30.4 Å². The highest BCUT2D eigenvalue weighted by atomic mass is 35.5. The lowest BCUT2D eigenvalue weighted by Gasteiger charge is -2.12. The number of nitrogens with two attached hydrogens (primary N) is 1. The smallest absolute Gasteiger partial charge is 0.271 e. The summed E-state index contributed by atoms with van der Waals surface area (Å²) in [5.41, 5.74) is 6.00. The molecule has 0 aliphatic carbocycles. The molecule has 0 saturated carbocycles. The van der Waals surface area contributed by atoms with Gasteiger partial charge < -0.3 is 25.8 Å². The molecule has 0 saturated heterocycles. The molecule has 0 spiro atoms. The largest absolute Gasteiger partial charge is 0.493 e. The predicted octanol–water partition coefficient (Wildman–Crippen LogP) is 8.43. The number of non-ortho nitro benzene ring substituents is 2. The number of benzene rings is 4. The highest BCUT2D eigenvalue weighted by molar-refractivity contribution is 6.35. The number of ether oxygens (including phenoxy) is 2. The van der Waals surface area contributed by atoms with Crippen LogP contribution in [0.2, 0.25) is 20.1 Å².